The Labute approximate surface area is 199 Å². The number of nitrogens with one attached hydrogen (secondary N) is 2. The zero-order valence-corrected chi connectivity index (χ0v) is 19.7. The summed E-state index contributed by atoms with van der Waals surface area (Å²) in [7, 11) is -3.88. The summed E-state index contributed by atoms with van der Waals surface area (Å²) in [4.78, 5) is 23.3. The van der Waals surface area contributed by atoms with Crippen LogP contribution in [0.15, 0.2) is 29.8 Å². The van der Waals surface area contributed by atoms with Gasteiger partial charge in [-0.15, -0.1) is 0 Å². The van der Waals surface area contributed by atoms with E-state index in [1.54, 1.807) is 0 Å². The highest BCUT2D eigenvalue weighted by Crippen LogP contribution is 2.38. The van der Waals surface area contributed by atoms with E-state index in [9.17, 15) is 26.4 Å². The van der Waals surface area contributed by atoms with Gasteiger partial charge in [0.1, 0.15) is 11.5 Å². The molecule has 3 heterocycles. The van der Waals surface area contributed by atoms with Crippen molar-refractivity contribution >= 4 is 27.5 Å². The van der Waals surface area contributed by atoms with E-state index in [1.807, 2.05) is 6.92 Å². The first kappa shape index (κ1) is 24.7. The van der Waals surface area contributed by atoms with Crippen molar-refractivity contribution in [2.75, 3.05) is 13.1 Å². The maximum atomic E-state index is 13.1. The van der Waals surface area contributed by atoms with Crippen LogP contribution in [0.3, 0.4) is 0 Å². The number of rotatable bonds is 6. The van der Waals surface area contributed by atoms with E-state index in [0.717, 1.165) is 17.7 Å². The second kappa shape index (κ2) is 9.31. The van der Waals surface area contributed by atoms with E-state index >= 15 is 0 Å². The first-order valence-electron chi connectivity index (χ1n) is 10.7. The molecule has 0 aromatic carbocycles. The highest BCUT2D eigenvalue weighted by atomic mass is 35.5. The number of aromatic nitrogens is 3. The number of carbonyl (C=O) groups is 1. The number of nitrogens with zero attached hydrogens (tertiary/aromatic N) is 3. The number of hydrogen-bond acceptors (Lipinski definition) is 5. The molecule has 1 saturated heterocycles. The fourth-order valence-electron chi connectivity index (χ4n) is 4.26. The molecule has 2 aliphatic rings. The van der Waals surface area contributed by atoms with Crippen molar-refractivity contribution in [3.8, 4) is 11.5 Å². The van der Waals surface area contributed by atoms with Crippen molar-refractivity contribution in [3.63, 3.8) is 0 Å². The number of alkyl halides is 2. The smallest absolute Gasteiger partial charge is 0.252 e. The summed E-state index contributed by atoms with van der Waals surface area (Å²) in [5, 5.41) is 3.41. The number of amides is 1. The van der Waals surface area contributed by atoms with Crippen LogP contribution < -0.4 is 5.32 Å². The number of H-pyrrole nitrogens is 1. The summed E-state index contributed by atoms with van der Waals surface area (Å²) in [5.41, 5.74) is 1.08. The number of imidazole rings is 1. The molecule has 8 nitrogen and oxygen atoms in total. The van der Waals surface area contributed by atoms with Gasteiger partial charge in [-0.05, 0) is 24.5 Å². The lowest BCUT2D eigenvalue weighted by Crippen LogP contribution is -2.50. The van der Waals surface area contributed by atoms with Gasteiger partial charge in [0.05, 0.1) is 17.3 Å². The molecular formula is C21H23ClF3N5O3S. The zero-order valence-electron chi connectivity index (χ0n) is 18.1. The zero-order chi connectivity index (χ0) is 24.7. The number of hydrogen-bond donors (Lipinski definition) is 2. The van der Waals surface area contributed by atoms with Gasteiger partial charge in [0.15, 0.2) is 11.0 Å². The molecule has 0 unspecified atom stereocenters. The third-order valence-corrected chi connectivity index (χ3v) is 7.90. The van der Waals surface area contributed by atoms with Crippen LogP contribution in [-0.2, 0) is 14.8 Å². The second-order valence-electron chi connectivity index (χ2n) is 8.70. The maximum absolute atomic E-state index is 13.1. The molecule has 2 fully saturated rings. The summed E-state index contributed by atoms with van der Waals surface area (Å²) in [6.07, 6.45) is 1.50. The summed E-state index contributed by atoms with van der Waals surface area (Å²) in [6.45, 7) is 2.26. The first-order valence-corrected chi connectivity index (χ1v) is 12.6. The van der Waals surface area contributed by atoms with E-state index in [1.165, 1.54) is 16.4 Å². The molecule has 0 radical (unpaired) electrons. The minimum Gasteiger partial charge on any atom is -0.349 e. The van der Waals surface area contributed by atoms with Crippen LogP contribution in [0.2, 0.25) is 5.15 Å². The van der Waals surface area contributed by atoms with Crippen molar-refractivity contribution in [1.29, 1.82) is 0 Å². The first-order chi connectivity index (χ1) is 15.9. The molecule has 1 amide bonds. The lowest BCUT2D eigenvalue weighted by atomic mass is 9.86. The third kappa shape index (κ3) is 5.44. The van der Waals surface area contributed by atoms with Crippen LogP contribution in [0.25, 0.3) is 11.5 Å². The Bertz CT molecular complexity index is 1190. The molecule has 184 valence electrons. The van der Waals surface area contributed by atoms with Crippen molar-refractivity contribution in [2.45, 2.75) is 44.1 Å². The molecule has 2 aromatic rings. The molecule has 1 aliphatic heterocycles. The summed E-state index contributed by atoms with van der Waals surface area (Å²) in [6, 6.07) is 2.09. The largest absolute Gasteiger partial charge is 0.349 e. The van der Waals surface area contributed by atoms with Crippen molar-refractivity contribution in [2.24, 2.45) is 5.92 Å². The Balaban J connectivity index is 1.38. The lowest BCUT2D eigenvalue weighted by molar-refractivity contribution is -0.124. The van der Waals surface area contributed by atoms with Gasteiger partial charge in [0.2, 0.25) is 15.9 Å². The van der Waals surface area contributed by atoms with Gasteiger partial charge in [-0.2, -0.15) is 4.31 Å². The number of piperidine rings is 1. The molecular weight excluding hydrogens is 495 g/mol. The number of carbonyl (C=O) groups excluding carboxylic acids is 1. The van der Waals surface area contributed by atoms with Gasteiger partial charge >= 0.3 is 0 Å². The van der Waals surface area contributed by atoms with Crippen LogP contribution in [0.5, 0.6) is 0 Å². The number of aromatic amines is 1. The van der Waals surface area contributed by atoms with Crippen molar-refractivity contribution < 1.29 is 26.4 Å². The van der Waals surface area contributed by atoms with Gasteiger partial charge in [0, 0.05) is 44.0 Å². The molecule has 34 heavy (non-hydrogen) atoms. The summed E-state index contributed by atoms with van der Waals surface area (Å²) in [5.74, 6) is -3.82. The Morgan fingerprint density at radius 1 is 1.35 bits per heavy atom. The van der Waals surface area contributed by atoms with Crippen LogP contribution in [-0.4, -0.2) is 58.6 Å². The fraction of sp³-hybridized carbons (Fsp3) is 0.476. The van der Waals surface area contributed by atoms with Gasteiger partial charge < -0.3 is 10.3 Å². The minimum absolute atomic E-state index is 0.104. The number of halogens is 4. The summed E-state index contributed by atoms with van der Waals surface area (Å²) >= 11 is 6.33. The van der Waals surface area contributed by atoms with Crippen LogP contribution in [0.4, 0.5) is 13.2 Å². The maximum Gasteiger partial charge on any atom is 0.252 e. The Kier molecular flexibility index (Phi) is 6.76. The van der Waals surface area contributed by atoms with Crippen molar-refractivity contribution in [3.05, 3.63) is 46.5 Å². The monoisotopic (exact) mass is 517 g/mol. The average molecular weight is 518 g/mol. The fourth-order valence-corrected chi connectivity index (χ4v) is 5.80. The van der Waals surface area contributed by atoms with Gasteiger partial charge in [-0.25, -0.2) is 31.6 Å². The molecule has 13 heteroatoms. The van der Waals surface area contributed by atoms with Crippen LogP contribution in [0, 0.1) is 11.7 Å². The van der Waals surface area contributed by atoms with Gasteiger partial charge in [-0.1, -0.05) is 18.5 Å². The normalized spacial score (nSPS) is 23.7. The Morgan fingerprint density at radius 2 is 2.09 bits per heavy atom. The summed E-state index contributed by atoms with van der Waals surface area (Å²) < 4.78 is 65.5. The van der Waals surface area contributed by atoms with Crippen LogP contribution in [0.1, 0.15) is 37.8 Å². The average Bonchev–Trinajstić information content (AvgIpc) is 3.13. The van der Waals surface area contributed by atoms with E-state index < -0.39 is 46.6 Å². The third-order valence-electron chi connectivity index (χ3n) is 6.08. The quantitative estimate of drug-likeness (QED) is 0.571. The molecule has 0 spiro atoms. The number of sulfonamides is 1. The SMILES string of the molecule is C[C@H]1CN(S(=O)(=O)C=CC(=O)NC2CC(F)(F)C2)CC[C@H]1c1[nH]c(-c2ccc(F)cn2)nc1Cl. The number of pyridine rings is 1. The van der Waals surface area contributed by atoms with E-state index in [4.69, 9.17) is 11.6 Å². The minimum atomic E-state index is -3.88. The van der Waals surface area contributed by atoms with E-state index in [0.29, 0.717) is 23.6 Å². The Hall–Kier alpha value is -2.44. The molecule has 0 bridgehead atoms. The molecule has 1 aliphatic carbocycles. The predicted octanol–water partition coefficient (Wildman–Crippen LogP) is 3.45. The molecule has 2 atom stereocenters. The van der Waals surface area contributed by atoms with Gasteiger partial charge in [-0.3, -0.25) is 4.79 Å². The standard InChI is InChI=1S/C21H23ClF3N5O3S/c1-12-11-30(34(32,33)7-5-17(31)27-14-8-21(24,25)9-14)6-4-15(12)18-19(22)29-20(28-18)16-3-2-13(23)10-26-16/h2-3,5,7,10,12,14-15H,4,6,8-9,11H2,1H3,(H,27,31)(H,28,29)/t12-,15+/m0/s1. The highest BCUT2D eigenvalue weighted by molar-refractivity contribution is 7.92. The van der Waals surface area contributed by atoms with E-state index in [2.05, 4.69) is 20.3 Å². The van der Waals surface area contributed by atoms with Crippen LogP contribution >= 0.6 is 11.6 Å². The predicted molar refractivity (Wildman–Crippen MR) is 119 cm³/mol. The molecule has 2 N–H and O–H groups in total. The Morgan fingerprint density at radius 3 is 2.71 bits per heavy atom. The highest BCUT2D eigenvalue weighted by Gasteiger charge is 2.45. The van der Waals surface area contributed by atoms with Gasteiger partial charge in [0.25, 0.3) is 5.92 Å². The second-order valence-corrected chi connectivity index (χ2v) is 10.9. The molecule has 4 rings (SSSR count). The van der Waals surface area contributed by atoms with E-state index in [-0.39, 0.29) is 30.1 Å². The lowest BCUT2D eigenvalue weighted by Gasteiger charge is -2.35. The molecule has 1 saturated carbocycles. The molecule has 2 aromatic heterocycles. The van der Waals surface area contributed by atoms with Crippen molar-refractivity contribution in [1.82, 2.24) is 24.6 Å². The topological polar surface area (TPSA) is 108 Å².